The summed E-state index contributed by atoms with van der Waals surface area (Å²) in [5, 5.41) is 1.77. The Bertz CT molecular complexity index is 629. The Morgan fingerprint density at radius 1 is 1.21 bits per heavy atom. The molecule has 1 aromatic rings. The van der Waals surface area contributed by atoms with Crippen molar-refractivity contribution in [3.05, 3.63) is 53.5 Å². The Balaban J connectivity index is 1.95. The van der Waals surface area contributed by atoms with Gasteiger partial charge in [-0.05, 0) is 31.9 Å². The second-order valence-electron chi connectivity index (χ2n) is 5.42. The van der Waals surface area contributed by atoms with Crippen molar-refractivity contribution < 1.29 is 13.7 Å². The van der Waals surface area contributed by atoms with Crippen molar-refractivity contribution in [3.63, 3.8) is 0 Å². The molecule has 0 spiro atoms. The van der Waals surface area contributed by atoms with E-state index in [2.05, 4.69) is 4.74 Å². The van der Waals surface area contributed by atoms with Gasteiger partial charge in [-0.2, -0.15) is 0 Å². The maximum absolute atomic E-state index is 12.3. The fourth-order valence-electron chi connectivity index (χ4n) is 2.28. The molecule has 0 unspecified atom stereocenters. The normalized spacial score (nSPS) is 18.2. The molecular weight excluding hydrogens is 360 g/mol. The van der Waals surface area contributed by atoms with Gasteiger partial charge in [-0.15, -0.1) is 23.5 Å². The first-order valence-electron chi connectivity index (χ1n) is 7.71. The molecule has 1 aliphatic heterocycles. The number of aryl methyl sites for hydroxylation is 1. The Morgan fingerprint density at radius 3 is 2.46 bits per heavy atom. The van der Waals surface area contributed by atoms with Gasteiger partial charge in [0.2, 0.25) is 0 Å². The Morgan fingerprint density at radius 2 is 1.83 bits per heavy atom. The molecule has 1 heterocycles. The molecule has 130 valence electrons. The summed E-state index contributed by atoms with van der Waals surface area (Å²) in [6, 6.07) is 7.76. The fourth-order valence-corrected chi connectivity index (χ4v) is 6.22. The van der Waals surface area contributed by atoms with Gasteiger partial charge >= 0.3 is 5.97 Å². The van der Waals surface area contributed by atoms with Crippen LogP contribution in [0.2, 0.25) is 0 Å². The van der Waals surface area contributed by atoms with E-state index in [4.69, 9.17) is 0 Å². The summed E-state index contributed by atoms with van der Waals surface area (Å²) in [4.78, 5) is 12.0. The van der Waals surface area contributed by atoms with Gasteiger partial charge in [-0.25, -0.2) is 9.00 Å². The van der Waals surface area contributed by atoms with E-state index in [0.29, 0.717) is 0 Å². The molecule has 0 aromatic heterocycles. The number of carbonyl (C=O) groups is 1. The molecule has 0 bridgehead atoms. The predicted molar refractivity (Wildman–Crippen MR) is 105 cm³/mol. The van der Waals surface area contributed by atoms with E-state index in [0.717, 1.165) is 34.8 Å². The van der Waals surface area contributed by atoms with Crippen LogP contribution in [-0.2, 0) is 20.3 Å². The van der Waals surface area contributed by atoms with Crippen LogP contribution in [-0.4, -0.2) is 32.9 Å². The molecule has 3 nitrogen and oxygen atoms in total. The summed E-state index contributed by atoms with van der Waals surface area (Å²) in [5.74, 6) is 1.88. The van der Waals surface area contributed by atoms with E-state index >= 15 is 0 Å². The highest BCUT2D eigenvalue weighted by atomic mass is 32.2. The molecule has 0 N–H and O–H groups in total. The lowest BCUT2D eigenvalue weighted by molar-refractivity contribution is -0.134. The van der Waals surface area contributed by atoms with Crippen molar-refractivity contribution >= 4 is 40.3 Å². The van der Waals surface area contributed by atoms with Crippen LogP contribution in [0.3, 0.4) is 0 Å². The molecule has 1 saturated heterocycles. The lowest BCUT2D eigenvalue weighted by Crippen LogP contribution is -2.15. The third-order valence-corrected chi connectivity index (χ3v) is 8.28. The topological polar surface area (TPSA) is 43.4 Å². The van der Waals surface area contributed by atoms with Gasteiger partial charge in [0.15, 0.2) is 0 Å². The number of hydrogen-bond acceptors (Lipinski definition) is 5. The molecule has 1 aliphatic rings. The van der Waals surface area contributed by atoms with E-state index in [-0.39, 0.29) is 10.0 Å². The zero-order chi connectivity index (χ0) is 17.4. The van der Waals surface area contributed by atoms with Crippen LogP contribution in [0.15, 0.2) is 52.8 Å². The number of esters is 1. The van der Waals surface area contributed by atoms with Gasteiger partial charge in [-0.1, -0.05) is 29.8 Å². The van der Waals surface area contributed by atoms with Crippen molar-refractivity contribution in [2.45, 2.75) is 28.7 Å². The lowest BCUT2D eigenvalue weighted by Gasteiger charge is -2.24. The van der Waals surface area contributed by atoms with Gasteiger partial charge in [-0.3, -0.25) is 0 Å². The molecule has 6 heteroatoms. The number of hydrogen-bond donors (Lipinski definition) is 0. The van der Waals surface area contributed by atoms with Crippen LogP contribution in [0.25, 0.3) is 0 Å². The maximum Gasteiger partial charge on any atom is 0.330 e. The minimum absolute atomic E-state index is 0.0263. The van der Waals surface area contributed by atoms with Gasteiger partial charge in [0.05, 0.1) is 22.0 Å². The summed E-state index contributed by atoms with van der Waals surface area (Å²) in [5.41, 5.74) is 1.16. The van der Waals surface area contributed by atoms with E-state index in [9.17, 15) is 9.00 Å². The third-order valence-electron chi connectivity index (χ3n) is 3.60. The number of ether oxygens (including phenoxy) is 1. The van der Waals surface area contributed by atoms with Crippen LogP contribution in [0.5, 0.6) is 0 Å². The van der Waals surface area contributed by atoms with E-state index in [1.165, 1.54) is 13.2 Å². The second-order valence-corrected chi connectivity index (χ2v) is 9.98. The number of thioether (sulfide) groups is 2. The van der Waals surface area contributed by atoms with Crippen molar-refractivity contribution in [2.75, 3.05) is 18.6 Å². The van der Waals surface area contributed by atoms with Crippen LogP contribution in [0.1, 0.15) is 18.4 Å². The van der Waals surface area contributed by atoms with Crippen molar-refractivity contribution in [1.82, 2.24) is 0 Å². The minimum Gasteiger partial charge on any atom is -0.466 e. The van der Waals surface area contributed by atoms with Gasteiger partial charge in [0.25, 0.3) is 0 Å². The molecule has 1 atom stereocenters. The molecule has 1 aromatic carbocycles. The number of benzene rings is 1. The van der Waals surface area contributed by atoms with Gasteiger partial charge < -0.3 is 4.74 Å². The predicted octanol–water partition coefficient (Wildman–Crippen LogP) is 4.30. The highest BCUT2D eigenvalue weighted by molar-refractivity contribution is 8.21. The maximum atomic E-state index is 12.3. The number of allylic oxidation sites excluding steroid dienone is 2. The zero-order valence-corrected chi connectivity index (χ0v) is 16.3. The monoisotopic (exact) mass is 382 g/mol. The number of methoxy groups -OCH3 is 1. The number of rotatable bonds is 7. The van der Waals surface area contributed by atoms with Crippen LogP contribution in [0, 0.1) is 6.92 Å². The van der Waals surface area contributed by atoms with E-state index in [1.807, 2.05) is 66.9 Å². The van der Waals surface area contributed by atoms with Crippen LogP contribution in [0.4, 0.5) is 0 Å². The molecule has 24 heavy (non-hydrogen) atoms. The standard InChI is InChI=1S/C18H22O3S3/c1-15-6-8-16(9-7-15)24(20)14-4-11-18(22-12-13-23-18)10-3-5-17(19)21-2/h3-9,14H,10-13H2,1-2H3/b5-3-,14-4+/t24-/m1/s1. The first kappa shape index (κ1) is 19.3. The van der Waals surface area contributed by atoms with Crippen molar-refractivity contribution in [1.29, 1.82) is 0 Å². The quantitative estimate of drug-likeness (QED) is 0.519. The van der Waals surface area contributed by atoms with Gasteiger partial charge in [0.1, 0.15) is 0 Å². The SMILES string of the molecule is COC(=O)/C=C\CC1(C/C=C/[S@@](=O)c2ccc(C)cc2)SCCS1. The first-order chi connectivity index (χ1) is 11.5. The summed E-state index contributed by atoms with van der Waals surface area (Å²) in [6.07, 6.45) is 6.98. The average Bonchev–Trinajstić information content (AvgIpc) is 3.04. The van der Waals surface area contributed by atoms with Crippen molar-refractivity contribution in [2.24, 2.45) is 0 Å². The first-order valence-corrected chi connectivity index (χ1v) is 10.9. The Labute approximate surface area is 154 Å². The summed E-state index contributed by atoms with van der Waals surface area (Å²) >= 11 is 3.82. The van der Waals surface area contributed by atoms with Crippen LogP contribution < -0.4 is 0 Å². The average molecular weight is 383 g/mol. The highest BCUT2D eigenvalue weighted by Crippen LogP contribution is 2.49. The fraction of sp³-hybridized carbons (Fsp3) is 0.389. The highest BCUT2D eigenvalue weighted by Gasteiger charge is 2.33. The van der Waals surface area contributed by atoms with Gasteiger partial charge in [0, 0.05) is 27.9 Å². The van der Waals surface area contributed by atoms with Crippen LogP contribution >= 0.6 is 23.5 Å². The second kappa shape index (κ2) is 9.49. The summed E-state index contributed by atoms with van der Waals surface area (Å²) in [7, 11) is 0.264. The zero-order valence-electron chi connectivity index (χ0n) is 13.9. The smallest absolute Gasteiger partial charge is 0.330 e. The molecule has 0 aliphatic carbocycles. The van der Waals surface area contributed by atoms with Crippen molar-refractivity contribution in [3.8, 4) is 0 Å². The summed E-state index contributed by atoms with van der Waals surface area (Å²) in [6.45, 7) is 2.02. The molecular formula is C18H22O3S3. The molecule has 2 rings (SSSR count). The molecule has 0 radical (unpaired) electrons. The molecule has 0 saturated carbocycles. The molecule has 1 fully saturated rings. The van der Waals surface area contributed by atoms with E-state index in [1.54, 1.807) is 5.41 Å². The summed E-state index contributed by atoms with van der Waals surface area (Å²) < 4.78 is 17.0. The lowest BCUT2D eigenvalue weighted by atomic mass is 10.2. The minimum atomic E-state index is -1.12. The Kier molecular flexibility index (Phi) is 7.65. The number of carbonyl (C=O) groups excluding carboxylic acids is 1. The Hall–Kier alpha value is -0.980. The largest absolute Gasteiger partial charge is 0.466 e. The van der Waals surface area contributed by atoms with E-state index < -0.39 is 10.8 Å². The molecule has 0 amide bonds. The third kappa shape index (κ3) is 5.83.